The van der Waals surface area contributed by atoms with Gasteiger partial charge in [-0.1, -0.05) is 42.8 Å². The average molecular weight is 622 g/mol. The highest BCUT2D eigenvalue weighted by Gasteiger charge is 2.63. The number of aliphatic hydroxyl groups is 1. The normalized spacial score (nSPS) is 13.4. The minimum atomic E-state index is -2.57. The lowest BCUT2D eigenvalue weighted by Gasteiger charge is -2.34. The highest BCUT2D eigenvalue weighted by atomic mass is 35.5. The van der Waals surface area contributed by atoms with Gasteiger partial charge in [0.25, 0.3) is 0 Å². The molecular formula is C31H40ClNO10. The van der Waals surface area contributed by atoms with E-state index in [-0.39, 0.29) is 50.9 Å². The second kappa shape index (κ2) is 16.3. The molecule has 0 spiro atoms. The number of nitrogens with two attached hydrogens (primary N) is 1. The zero-order valence-electron chi connectivity index (χ0n) is 25.1. The highest BCUT2D eigenvalue weighted by molar-refractivity contribution is 6.30. The summed E-state index contributed by atoms with van der Waals surface area (Å²) in [5.74, 6) is -6.58. The van der Waals surface area contributed by atoms with Crippen molar-refractivity contribution in [3.05, 3.63) is 64.7 Å². The van der Waals surface area contributed by atoms with E-state index >= 15 is 0 Å². The van der Waals surface area contributed by atoms with Crippen molar-refractivity contribution in [1.82, 2.24) is 0 Å². The van der Waals surface area contributed by atoms with E-state index in [2.05, 4.69) is 0 Å². The zero-order chi connectivity index (χ0) is 32.2. The van der Waals surface area contributed by atoms with Crippen LogP contribution in [0.3, 0.4) is 0 Å². The maximum atomic E-state index is 13.6. The lowest BCUT2D eigenvalue weighted by Crippen LogP contribution is -2.57. The van der Waals surface area contributed by atoms with E-state index < -0.39 is 40.9 Å². The van der Waals surface area contributed by atoms with Gasteiger partial charge < -0.3 is 28.8 Å². The minimum Gasteiger partial charge on any atom is -0.493 e. The minimum absolute atomic E-state index is 0.0619. The topological polar surface area (TPSA) is 161 Å². The number of ether oxygens (including phenoxy) is 5. The molecule has 0 heterocycles. The standard InChI is InChI=1S/C31H40ClNO10/c1-6-39-26(34)25(27(35)40-7-2)31(28(36)41-8-3,29(37)42-9-4)21-13-15-24(16-14-21)43-19-20(5)18-30(33,38)22-11-10-12-23(32)17-22/h10-17,20,25,38H,6-9,18-19,33H2,1-5H3. The molecule has 0 fully saturated rings. The van der Waals surface area contributed by atoms with Gasteiger partial charge in [-0.25, -0.2) is 0 Å². The quantitative estimate of drug-likeness (QED) is 0.122. The van der Waals surface area contributed by atoms with E-state index in [1.165, 1.54) is 52.0 Å². The van der Waals surface area contributed by atoms with Crippen molar-refractivity contribution in [1.29, 1.82) is 0 Å². The van der Waals surface area contributed by atoms with E-state index in [9.17, 15) is 24.3 Å². The zero-order valence-corrected chi connectivity index (χ0v) is 25.8. The fourth-order valence-electron chi connectivity index (χ4n) is 4.63. The molecule has 0 aliphatic heterocycles. The molecular weight excluding hydrogens is 582 g/mol. The Hall–Kier alpha value is -3.67. The van der Waals surface area contributed by atoms with Crippen LogP contribution in [0, 0.1) is 11.8 Å². The van der Waals surface area contributed by atoms with Gasteiger partial charge in [0.1, 0.15) is 11.5 Å². The van der Waals surface area contributed by atoms with Crippen LogP contribution in [0.25, 0.3) is 0 Å². The Morgan fingerprint density at radius 3 is 1.79 bits per heavy atom. The third kappa shape index (κ3) is 8.68. The van der Waals surface area contributed by atoms with Gasteiger partial charge in [-0.05, 0) is 75.4 Å². The molecule has 236 valence electrons. The monoisotopic (exact) mass is 621 g/mol. The number of rotatable bonds is 16. The first-order valence-corrected chi connectivity index (χ1v) is 14.4. The molecule has 0 aliphatic rings. The molecule has 0 aliphatic carbocycles. The van der Waals surface area contributed by atoms with Crippen molar-refractivity contribution in [3.63, 3.8) is 0 Å². The number of carbonyl (C=O) groups is 4. The van der Waals surface area contributed by atoms with Gasteiger partial charge in [-0.2, -0.15) is 0 Å². The van der Waals surface area contributed by atoms with E-state index in [4.69, 9.17) is 41.0 Å². The van der Waals surface area contributed by atoms with Gasteiger partial charge in [-0.15, -0.1) is 0 Å². The molecule has 0 amide bonds. The van der Waals surface area contributed by atoms with E-state index in [1.54, 1.807) is 24.3 Å². The van der Waals surface area contributed by atoms with Crippen LogP contribution in [0.2, 0.25) is 5.02 Å². The average Bonchev–Trinajstić information content (AvgIpc) is 2.95. The molecule has 2 rings (SSSR count). The Morgan fingerprint density at radius 2 is 1.33 bits per heavy atom. The first kappa shape index (κ1) is 35.5. The Bertz CT molecular complexity index is 1210. The van der Waals surface area contributed by atoms with Crippen LogP contribution in [0.15, 0.2) is 48.5 Å². The summed E-state index contributed by atoms with van der Waals surface area (Å²) in [5, 5.41) is 11.3. The SMILES string of the molecule is CCOC(=O)C(C(=O)OCC)C(C(=O)OCC)(C(=O)OCC)c1ccc(OCC(C)CC(N)(O)c2cccc(Cl)c2)cc1. The van der Waals surface area contributed by atoms with Gasteiger partial charge in [0.05, 0.1) is 33.0 Å². The van der Waals surface area contributed by atoms with Crippen LogP contribution in [0.4, 0.5) is 0 Å². The van der Waals surface area contributed by atoms with Gasteiger partial charge in [0, 0.05) is 5.02 Å². The summed E-state index contributed by atoms with van der Waals surface area (Å²) in [4.78, 5) is 53.5. The summed E-state index contributed by atoms with van der Waals surface area (Å²) in [7, 11) is 0. The summed E-state index contributed by atoms with van der Waals surface area (Å²) >= 11 is 6.03. The highest BCUT2D eigenvalue weighted by Crippen LogP contribution is 2.39. The fourth-order valence-corrected chi connectivity index (χ4v) is 4.82. The van der Waals surface area contributed by atoms with Crippen LogP contribution >= 0.6 is 11.6 Å². The molecule has 3 N–H and O–H groups in total. The summed E-state index contributed by atoms with van der Waals surface area (Å²) in [6.45, 7) is 7.50. The summed E-state index contributed by atoms with van der Waals surface area (Å²) in [5.41, 5.74) is 2.33. The smallest absolute Gasteiger partial charge is 0.329 e. The Balaban J connectivity index is 2.45. The van der Waals surface area contributed by atoms with E-state index in [0.717, 1.165) is 0 Å². The third-order valence-corrected chi connectivity index (χ3v) is 6.74. The number of benzene rings is 2. The van der Waals surface area contributed by atoms with Crippen molar-refractivity contribution in [2.24, 2.45) is 17.6 Å². The van der Waals surface area contributed by atoms with Crippen LogP contribution in [-0.4, -0.2) is 62.0 Å². The van der Waals surface area contributed by atoms with Gasteiger partial charge in [0.15, 0.2) is 5.92 Å². The second-order valence-corrected chi connectivity index (χ2v) is 10.2. The first-order chi connectivity index (χ1) is 20.4. The second-order valence-electron chi connectivity index (χ2n) is 9.77. The maximum absolute atomic E-state index is 13.6. The summed E-state index contributed by atoms with van der Waals surface area (Å²) < 4.78 is 26.6. The molecule has 2 unspecified atom stereocenters. The van der Waals surface area contributed by atoms with Crippen LogP contribution < -0.4 is 10.5 Å². The maximum Gasteiger partial charge on any atom is 0.329 e. The number of carbonyl (C=O) groups excluding carboxylic acids is 4. The van der Waals surface area contributed by atoms with Crippen LogP contribution in [-0.2, 0) is 49.3 Å². The van der Waals surface area contributed by atoms with Gasteiger partial charge in [-0.3, -0.25) is 24.9 Å². The molecule has 0 aromatic heterocycles. The molecule has 12 heteroatoms. The largest absolute Gasteiger partial charge is 0.493 e. The van der Waals surface area contributed by atoms with Crippen molar-refractivity contribution in [2.45, 2.75) is 52.2 Å². The molecule has 2 aromatic carbocycles. The Morgan fingerprint density at radius 1 is 0.814 bits per heavy atom. The van der Waals surface area contributed by atoms with Gasteiger partial charge in [0.2, 0.25) is 5.41 Å². The lowest BCUT2D eigenvalue weighted by molar-refractivity contribution is -0.182. The Kier molecular flexibility index (Phi) is 13.4. The van der Waals surface area contributed by atoms with Crippen LogP contribution in [0.1, 0.15) is 52.2 Å². The van der Waals surface area contributed by atoms with Crippen molar-refractivity contribution < 1.29 is 48.0 Å². The molecule has 11 nitrogen and oxygen atoms in total. The molecule has 2 aromatic rings. The molecule has 0 bridgehead atoms. The Labute approximate surface area is 256 Å². The van der Waals surface area contributed by atoms with Crippen LogP contribution in [0.5, 0.6) is 5.75 Å². The van der Waals surface area contributed by atoms with Gasteiger partial charge >= 0.3 is 23.9 Å². The molecule has 2 atom stereocenters. The first-order valence-electron chi connectivity index (χ1n) is 14.1. The fraction of sp³-hybridized carbons (Fsp3) is 0.484. The molecule has 43 heavy (non-hydrogen) atoms. The van der Waals surface area contributed by atoms with Crippen molar-refractivity contribution >= 4 is 35.5 Å². The summed E-state index contributed by atoms with van der Waals surface area (Å²) in [6, 6.07) is 12.3. The van der Waals surface area contributed by atoms with E-state index in [1.807, 2.05) is 6.92 Å². The molecule has 0 saturated heterocycles. The predicted molar refractivity (Wildman–Crippen MR) is 157 cm³/mol. The van der Waals surface area contributed by atoms with Crippen molar-refractivity contribution in [3.8, 4) is 5.75 Å². The number of hydrogen-bond acceptors (Lipinski definition) is 11. The summed E-state index contributed by atoms with van der Waals surface area (Å²) in [6.07, 6.45) is 0.154. The molecule has 0 radical (unpaired) electrons. The number of esters is 4. The predicted octanol–water partition coefficient (Wildman–Crippen LogP) is 3.66. The third-order valence-electron chi connectivity index (χ3n) is 6.50. The lowest BCUT2D eigenvalue weighted by atomic mass is 9.69. The van der Waals surface area contributed by atoms with Crippen molar-refractivity contribution in [2.75, 3.05) is 33.0 Å². The number of hydrogen-bond donors (Lipinski definition) is 2. The molecule has 0 saturated carbocycles. The number of halogens is 1. The van der Waals surface area contributed by atoms with E-state index in [0.29, 0.717) is 16.3 Å².